The van der Waals surface area contributed by atoms with E-state index >= 15 is 0 Å². The van der Waals surface area contributed by atoms with Gasteiger partial charge in [-0.25, -0.2) is 0 Å². The van der Waals surface area contributed by atoms with E-state index in [1.54, 1.807) is 6.20 Å². The van der Waals surface area contributed by atoms with E-state index in [9.17, 15) is 0 Å². The number of furan rings is 1. The van der Waals surface area contributed by atoms with Crippen LogP contribution in [0.4, 0.5) is 0 Å². The average molecular weight is 249 g/mol. The highest BCUT2D eigenvalue weighted by atomic mass is 16.3. The zero-order valence-corrected chi connectivity index (χ0v) is 10.7. The van der Waals surface area contributed by atoms with Crippen LogP contribution in [0, 0.1) is 6.92 Å². The third-order valence-corrected chi connectivity index (χ3v) is 3.00. The molecule has 2 heterocycles. The minimum absolute atomic E-state index is 0.117. The van der Waals surface area contributed by atoms with Crippen LogP contribution in [-0.2, 0) is 6.54 Å². The van der Waals surface area contributed by atoms with E-state index in [-0.39, 0.29) is 12.6 Å². The largest absolute Gasteiger partial charge is 0.460 e. The molecule has 0 bridgehead atoms. The van der Waals surface area contributed by atoms with E-state index in [0.717, 1.165) is 29.2 Å². The standard InChI is InChI=1S/C13H19N3O2/c1-3-11(8-17)14-6-10-7-15-16-13(10)12-5-4-9(2)18-12/h4-5,7,11,14,17H,3,6,8H2,1-2H3,(H,15,16)/t11-/m0/s1. The smallest absolute Gasteiger partial charge is 0.152 e. The summed E-state index contributed by atoms with van der Waals surface area (Å²) in [7, 11) is 0. The van der Waals surface area contributed by atoms with Crippen LogP contribution in [0.5, 0.6) is 0 Å². The predicted octanol–water partition coefficient (Wildman–Crippen LogP) is 1.84. The van der Waals surface area contributed by atoms with Gasteiger partial charge in [-0.15, -0.1) is 0 Å². The SMILES string of the molecule is CC[C@@H](CO)NCc1cn[nH]c1-c1ccc(C)o1. The molecule has 0 aromatic carbocycles. The van der Waals surface area contributed by atoms with Gasteiger partial charge in [0.05, 0.1) is 12.8 Å². The molecule has 5 heteroatoms. The van der Waals surface area contributed by atoms with Gasteiger partial charge >= 0.3 is 0 Å². The number of H-pyrrole nitrogens is 1. The summed E-state index contributed by atoms with van der Waals surface area (Å²) in [6.07, 6.45) is 2.67. The molecule has 18 heavy (non-hydrogen) atoms. The fourth-order valence-corrected chi connectivity index (χ4v) is 1.82. The number of aliphatic hydroxyl groups excluding tert-OH is 1. The van der Waals surface area contributed by atoms with Gasteiger partial charge in [-0.05, 0) is 25.5 Å². The monoisotopic (exact) mass is 249 g/mol. The van der Waals surface area contributed by atoms with Crippen LogP contribution in [0.15, 0.2) is 22.7 Å². The fourth-order valence-electron chi connectivity index (χ4n) is 1.82. The summed E-state index contributed by atoms with van der Waals surface area (Å²) in [5.74, 6) is 1.67. The molecule has 0 aliphatic heterocycles. The van der Waals surface area contributed by atoms with Crippen molar-refractivity contribution >= 4 is 0 Å². The number of hydrogen-bond acceptors (Lipinski definition) is 4. The summed E-state index contributed by atoms with van der Waals surface area (Å²) in [6.45, 7) is 4.75. The number of aryl methyl sites for hydroxylation is 1. The molecule has 0 saturated heterocycles. The van der Waals surface area contributed by atoms with Gasteiger partial charge in [0.15, 0.2) is 5.76 Å². The molecule has 0 fully saturated rings. The summed E-state index contributed by atoms with van der Waals surface area (Å²) >= 11 is 0. The lowest BCUT2D eigenvalue weighted by molar-refractivity contribution is 0.238. The fraction of sp³-hybridized carbons (Fsp3) is 0.462. The molecule has 98 valence electrons. The first kappa shape index (κ1) is 12.9. The Bertz CT molecular complexity index is 486. The van der Waals surface area contributed by atoms with Crippen LogP contribution in [0.25, 0.3) is 11.5 Å². The highest BCUT2D eigenvalue weighted by Crippen LogP contribution is 2.23. The van der Waals surface area contributed by atoms with Gasteiger partial charge in [0.1, 0.15) is 11.5 Å². The zero-order chi connectivity index (χ0) is 13.0. The quantitative estimate of drug-likeness (QED) is 0.730. The normalized spacial score (nSPS) is 12.8. The molecule has 5 nitrogen and oxygen atoms in total. The molecule has 0 aliphatic carbocycles. The number of rotatable bonds is 6. The Balaban J connectivity index is 2.08. The molecule has 0 saturated carbocycles. The van der Waals surface area contributed by atoms with Gasteiger partial charge in [0, 0.05) is 18.2 Å². The molecular weight excluding hydrogens is 230 g/mol. The Morgan fingerprint density at radius 3 is 2.94 bits per heavy atom. The summed E-state index contributed by atoms with van der Waals surface area (Å²) in [6, 6.07) is 3.97. The summed E-state index contributed by atoms with van der Waals surface area (Å²) in [5, 5.41) is 19.4. The van der Waals surface area contributed by atoms with Crippen LogP contribution in [0.2, 0.25) is 0 Å². The molecule has 2 aromatic rings. The number of aromatic amines is 1. The lowest BCUT2D eigenvalue weighted by Gasteiger charge is -2.13. The minimum atomic E-state index is 0.117. The van der Waals surface area contributed by atoms with Gasteiger partial charge in [0.2, 0.25) is 0 Å². The molecule has 0 radical (unpaired) electrons. The van der Waals surface area contributed by atoms with Gasteiger partial charge in [-0.1, -0.05) is 6.92 Å². The highest BCUT2D eigenvalue weighted by Gasteiger charge is 2.12. The van der Waals surface area contributed by atoms with E-state index in [1.165, 1.54) is 0 Å². The maximum atomic E-state index is 9.14. The Labute approximate surface area is 106 Å². The third kappa shape index (κ3) is 2.80. The van der Waals surface area contributed by atoms with Crippen LogP contribution in [0.1, 0.15) is 24.7 Å². The number of aromatic nitrogens is 2. The molecule has 2 aromatic heterocycles. The second kappa shape index (κ2) is 5.84. The zero-order valence-electron chi connectivity index (χ0n) is 10.7. The van der Waals surface area contributed by atoms with E-state index in [0.29, 0.717) is 6.54 Å². The Hall–Kier alpha value is -1.59. The van der Waals surface area contributed by atoms with Crippen LogP contribution in [-0.4, -0.2) is 28.0 Å². The first-order valence-electron chi connectivity index (χ1n) is 6.18. The molecule has 3 N–H and O–H groups in total. The minimum Gasteiger partial charge on any atom is -0.460 e. The van der Waals surface area contributed by atoms with Crippen molar-refractivity contribution in [2.45, 2.75) is 32.9 Å². The maximum absolute atomic E-state index is 9.14. The lowest BCUT2D eigenvalue weighted by atomic mass is 10.2. The van der Waals surface area contributed by atoms with E-state index in [1.807, 2.05) is 26.0 Å². The highest BCUT2D eigenvalue weighted by molar-refractivity contribution is 5.56. The van der Waals surface area contributed by atoms with Crippen molar-refractivity contribution in [2.24, 2.45) is 0 Å². The Morgan fingerprint density at radius 1 is 1.50 bits per heavy atom. The Kier molecular flexibility index (Phi) is 4.17. The number of nitrogens with one attached hydrogen (secondary N) is 2. The predicted molar refractivity (Wildman–Crippen MR) is 69.0 cm³/mol. The summed E-state index contributed by atoms with van der Waals surface area (Å²) < 4.78 is 5.58. The van der Waals surface area contributed by atoms with Gasteiger partial charge in [-0.2, -0.15) is 5.10 Å². The van der Waals surface area contributed by atoms with Crippen molar-refractivity contribution in [1.82, 2.24) is 15.5 Å². The molecule has 0 unspecified atom stereocenters. The molecule has 2 rings (SSSR count). The third-order valence-electron chi connectivity index (χ3n) is 3.00. The van der Waals surface area contributed by atoms with Crippen LogP contribution >= 0.6 is 0 Å². The van der Waals surface area contributed by atoms with Crippen molar-refractivity contribution < 1.29 is 9.52 Å². The molecule has 0 aliphatic rings. The number of hydrogen-bond donors (Lipinski definition) is 3. The van der Waals surface area contributed by atoms with Crippen LogP contribution in [0.3, 0.4) is 0 Å². The molecular formula is C13H19N3O2. The second-order valence-corrected chi connectivity index (χ2v) is 4.35. The van der Waals surface area contributed by atoms with Gasteiger partial charge < -0.3 is 14.8 Å². The van der Waals surface area contributed by atoms with E-state index in [2.05, 4.69) is 15.5 Å². The topological polar surface area (TPSA) is 74.1 Å². The van der Waals surface area contributed by atoms with Crippen molar-refractivity contribution in [2.75, 3.05) is 6.61 Å². The van der Waals surface area contributed by atoms with Gasteiger partial charge in [0.25, 0.3) is 0 Å². The molecule has 0 spiro atoms. The number of aliphatic hydroxyl groups is 1. The van der Waals surface area contributed by atoms with Crippen molar-refractivity contribution in [3.05, 3.63) is 29.7 Å². The van der Waals surface area contributed by atoms with E-state index < -0.39 is 0 Å². The lowest BCUT2D eigenvalue weighted by Crippen LogP contribution is -2.31. The first-order chi connectivity index (χ1) is 8.74. The van der Waals surface area contributed by atoms with Crippen molar-refractivity contribution in [3.8, 4) is 11.5 Å². The molecule has 0 amide bonds. The first-order valence-corrected chi connectivity index (χ1v) is 6.18. The van der Waals surface area contributed by atoms with Gasteiger partial charge in [-0.3, -0.25) is 5.10 Å². The van der Waals surface area contributed by atoms with Crippen molar-refractivity contribution in [1.29, 1.82) is 0 Å². The molecule has 1 atom stereocenters. The second-order valence-electron chi connectivity index (χ2n) is 4.35. The number of nitrogens with zero attached hydrogens (tertiary/aromatic N) is 1. The van der Waals surface area contributed by atoms with Crippen LogP contribution < -0.4 is 5.32 Å². The summed E-state index contributed by atoms with van der Waals surface area (Å²) in [5.41, 5.74) is 1.93. The maximum Gasteiger partial charge on any atom is 0.152 e. The van der Waals surface area contributed by atoms with Crippen molar-refractivity contribution in [3.63, 3.8) is 0 Å². The summed E-state index contributed by atoms with van der Waals surface area (Å²) in [4.78, 5) is 0. The average Bonchev–Trinajstić information content (AvgIpc) is 2.99. The van der Waals surface area contributed by atoms with E-state index in [4.69, 9.17) is 9.52 Å². The Morgan fingerprint density at radius 2 is 2.33 bits per heavy atom.